The number of thiazole rings is 1. The molecule has 0 saturated carbocycles. The van der Waals surface area contributed by atoms with Gasteiger partial charge in [0.2, 0.25) is 5.91 Å². The SMILES string of the molecule is Cc1ccc2nc(NC(=O)CSCc3ccccc3)sc2c1. The number of fused-ring (bicyclic) bond motifs is 1. The van der Waals surface area contributed by atoms with Gasteiger partial charge in [0.15, 0.2) is 5.13 Å². The van der Waals surface area contributed by atoms with E-state index >= 15 is 0 Å². The molecule has 1 aromatic heterocycles. The van der Waals surface area contributed by atoms with Crippen LogP contribution >= 0.6 is 23.1 Å². The minimum Gasteiger partial charge on any atom is -0.301 e. The number of benzene rings is 2. The Hall–Kier alpha value is -1.85. The van der Waals surface area contributed by atoms with E-state index in [0.717, 1.165) is 16.0 Å². The van der Waals surface area contributed by atoms with Crippen molar-refractivity contribution in [1.82, 2.24) is 4.98 Å². The zero-order valence-corrected chi connectivity index (χ0v) is 13.8. The van der Waals surface area contributed by atoms with Crippen molar-refractivity contribution in [2.45, 2.75) is 12.7 Å². The maximum atomic E-state index is 12.0. The van der Waals surface area contributed by atoms with E-state index in [1.54, 1.807) is 11.8 Å². The zero-order chi connectivity index (χ0) is 15.4. The van der Waals surface area contributed by atoms with E-state index < -0.39 is 0 Å². The Labute approximate surface area is 137 Å². The van der Waals surface area contributed by atoms with Gasteiger partial charge in [-0.1, -0.05) is 47.7 Å². The van der Waals surface area contributed by atoms with Gasteiger partial charge in [-0.2, -0.15) is 0 Å². The molecule has 3 rings (SSSR count). The number of thioether (sulfide) groups is 1. The molecule has 0 bridgehead atoms. The lowest BCUT2D eigenvalue weighted by Crippen LogP contribution is -2.13. The maximum absolute atomic E-state index is 12.0. The second-order valence-corrected chi connectivity index (χ2v) is 7.03. The first-order valence-corrected chi connectivity index (χ1v) is 8.96. The van der Waals surface area contributed by atoms with Crippen molar-refractivity contribution in [3.63, 3.8) is 0 Å². The molecule has 0 aliphatic carbocycles. The average Bonchev–Trinajstić information content (AvgIpc) is 2.89. The smallest absolute Gasteiger partial charge is 0.236 e. The molecule has 0 saturated heterocycles. The summed E-state index contributed by atoms with van der Waals surface area (Å²) in [5.74, 6) is 1.27. The summed E-state index contributed by atoms with van der Waals surface area (Å²) in [4.78, 5) is 16.4. The van der Waals surface area contributed by atoms with Gasteiger partial charge in [0, 0.05) is 5.75 Å². The lowest BCUT2D eigenvalue weighted by molar-refractivity contribution is -0.113. The van der Waals surface area contributed by atoms with E-state index in [2.05, 4.69) is 35.4 Å². The minimum atomic E-state index is -0.00305. The molecule has 5 heteroatoms. The van der Waals surface area contributed by atoms with Gasteiger partial charge in [-0.25, -0.2) is 4.98 Å². The number of nitrogens with one attached hydrogen (secondary N) is 1. The molecular weight excluding hydrogens is 312 g/mol. The lowest BCUT2D eigenvalue weighted by Gasteiger charge is -2.02. The second kappa shape index (κ2) is 6.94. The highest BCUT2D eigenvalue weighted by molar-refractivity contribution is 7.99. The third-order valence-electron chi connectivity index (χ3n) is 3.14. The Morgan fingerprint density at radius 3 is 2.86 bits per heavy atom. The summed E-state index contributed by atoms with van der Waals surface area (Å²) < 4.78 is 1.10. The van der Waals surface area contributed by atoms with Crippen molar-refractivity contribution in [3.05, 3.63) is 59.7 Å². The molecule has 0 unspecified atom stereocenters. The highest BCUT2D eigenvalue weighted by atomic mass is 32.2. The Morgan fingerprint density at radius 2 is 2.05 bits per heavy atom. The van der Waals surface area contributed by atoms with E-state index in [1.165, 1.54) is 22.5 Å². The number of aryl methyl sites for hydroxylation is 1. The first-order chi connectivity index (χ1) is 10.7. The van der Waals surface area contributed by atoms with Gasteiger partial charge in [0.05, 0.1) is 16.0 Å². The Balaban J connectivity index is 1.54. The first kappa shape index (κ1) is 15.1. The molecule has 2 aromatic carbocycles. The van der Waals surface area contributed by atoms with Crippen LogP contribution < -0.4 is 5.32 Å². The average molecular weight is 328 g/mol. The molecule has 1 amide bonds. The summed E-state index contributed by atoms with van der Waals surface area (Å²) in [6, 6.07) is 16.3. The standard InChI is InChI=1S/C17H16N2OS2/c1-12-7-8-14-15(9-12)22-17(18-14)19-16(20)11-21-10-13-5-3-2-4-6-13/h2-9H,10-11H2,1H3,(H,18,19,20). The minimum absolute atomic E-state index is 0.00305. The first-order valence-electron chi connectivity index (χ1n) is 6.99. The molecule has 0 spiro atoms. The summed E-state index contributed by atoms with van der Waals surface area (Å²) in [5, 5.41) is 3.56. The molecule has 0 radical (unpaired) electrons. The van der Waals surface area contributed by atoms with Crippen molar-refractivity contribution in [1.29, 1.82) is 0 Å². The van der Waals surface area contributed by atoms with Crippen LogP contribution in [0, 0.1) is 6.92 Å². The number of anilines is 1. The highest BCUT2D eigenvalue weighted by Crippen LogP contribution is 2.26. The number of hydrogen-bond donors (Lipinski definition) is 1. The molecule has 22 heavy (non-hydrogen) atoms. The molecule has 0 fully saturated rings. The zero-order valence-electron chi connectivity index (χ0n) is 12.2. The van der Waals surface area contributed by atoms with Crippen LogP contribution in [-0.4, -0.2) is 16.6 Å². The molecule has 112 valence electrons. The Morgan fingerprint density at radius 1 is 1.23 bits per heavy atom. The van der Waals surface area contributed by atoms with E-state index in [9.17, 15) is 4.79 Å². The van der Waals surface area contributed by atoms with E-state index in [-0.39, 0.29) is 5.91 Å². The van der Waals surface area contributed by atoms with Crippen molar-refractivity contribution in [3.8, 4) is 0 Å². The topological polar surface area (TPSA) is 42.0 Å². The molecule has 3 nitrogen and oxygen atoms in total. The Kier molecular flexibility index (Phi) is 4.75. The van der Waals surface area contributed by atoms with Crippen LogP contribution in [-0.2, 0) is 10.5 Å². The third-order valence-corrected chi connectivity index (χ3v) is 5.07. The molecule has 1 N–H and O–H groups in total. The predicted molar refractivity (Wildman–Crippen MR) is 95.6 cm³/mol. The predicted octanol–water partition coefficient (Wildman–Crippen LogP) is 4.48. The number of nitrogens with zero attached hydrogens (tertiary/aromatic N) is 1. The summed E-state index contributed by atoms with van der Waals surface area (Å²) >= 11 is 3.13. The number of rotatable bonds is 5. The van der Waals surface area contributed by atoms with E-state index in [1.807, 2.05) is 30.3 Å². The quantitative estimate of drug-likeness (QED) is 0.751. The second-order valence-electron chi connectivity index (χ2n) is 5.02. The Bertz CT molecular complexity index is 784. The normalized spacial score (nSPS) is 10.8. The van der Waals surface area contributed by atoms with Gasteiger partial charge in [0.1, 0.15) is 0 Å². The van der Waals surface area contributed by atoms with Gasteiger partial charge < -0.3 is 5.32 Å². The van der Waals surface area contributed by atoms with Crippen molar-refractivity contribution in [2.24, 2.45) is 0 Å². The van der Waals surface area contributed by atoms with Crippen LogP contribution in [0.1, 0.15) is 11.1 Å². The summed E-state index contributed by atoms with van der Waals surface area (Å²) in [6.07, 6.45) is 0. The summed E-state index contributed by atoms with van der Waals surface area (Å²) in [7, 11) is 0. The fourth-order valence-electron chi connectivity index (χ4n) is 2.08. The molecule has 0 atom stereocenters. The van der Waals surface area contributed by atoms with Gasteiger partial charge in [-0.3, -0.25) is 4.79 Å². The largest absolute Gasteiger partial charge is 0.301 e. The van der Waals surface area contributed by atoms with Crippen LogP contribution in [0.5, 0.6) is 0 Å². The summed E-state index contributed by atoms with van der Waals surface area (Å²) in [5.41, 5.74) is 3.37. The number of carbonyl (C=O) groups is 1. The molecule has 0 aliphatic heterocycles. The molecule has 1 heterocycles. The fraction of sp³-hybridized carbons (Fsp3) is 0.176. The molecule has 3 aromatic rings. The number of carbonyl (C=O) groups excluding carboxylic acids is 1. The van der Waals surface area contributed by atoms with E-state index in [0.29, 0.717) is 10.9 Å². The van der Waals surface area contributed by atoms with Crippen molar-refractivity contribution >= 4 is 44.4 Å². The van der Waals surface area contributed by atoms with Crippen LogP contribution in [0.3, 0.4) is 0 Å². The van der Waals surface area contributed by atoms with E-state index in [4.69, 9.17) is 0 Å². The fourth-order valence-corrected chi connectivity index (χ4v) is 3.84. The third kappa shape index (κ3) is 3.87. The maximum Gasteiger partial charge on any atom is 0.236 e. The lowest BCUT2D eigenvalue weighted by atomic mass is 10.2. The van der Waals surface area contributed by atoms with Gasteiger partial charge in [-0.05, 0) is 30.2 Å². The monoisotopic (exact) mass is 328 g/mol. The number of aromatic nitrogens is 1. The summed E-state index contributed by atoms with van der Waals surface area (Å²) in [6.45, 7) is 2.05. The van der Waals surface area contributed by atoms with Gasteiger partial charge >= 0.3 is 0 Å². The van der Waals surface area contributed by atoms with Crippen LogP contribution in [0.25, 0.3) is 10.2 Å². The van der Waals surface area contributed by atoms with Crippen LogP contribution in [0.15, 0.2) is 48.5 Å². The number of amides is 1. The molecule has 0 aliphatic rings. The van der Waals surface area contributed by atoms with Crippen LogP contribution in [0.4, 0.5) is 5.13 Å². The highest BCUT2D eigenvalue weighted by Gasteiger charge is 2.08. The van der Waals surface area contributed by atoms with Gasteiger partial charge in [0.25, 0.3) is 0 Å². The van der Waals surface area contributed by atoms with Crippen LogP contribution in [0.2, 0.25) is 0 Å². The molecular formula is C17H16N2OS2. The number of hydrogen-bond acceptors (Lipinski definition) is 4. The van der Waals surface area contributed by atoms with Crippen molar-refractivity contribution < 1.29 is 4.79 Å². The van der Waals surface area contributed by atoms with Crippen molar-refractivity contribution in [2.75, 3.05) is 11.1 Å². The van der Waals surface area contributed by atoms with Gasteiger partial charge in [-0.15, -0.1) is 11.8 Å².